The number of aryl methyl sites for hydroxylation is 1. The first-order valence-corrected chi connectivity index (χ1v) is 7.30. The summed E-state index contributed by atoms with van der Waals surface area (Å²) in [5, 5.41) is 9.21. The van der Waals surface area contributed by atoms with Crippen LogP contribution in [0.15, 0.2) is 17.0 Å². The summed E-state index contributed by atoms with van der Waals surface area (Å²) in [6, 6.07) is 2.78. The Labute approximate surface area is 112 Å². The van der Waals surface area contributed by atoms with Gasteiger partial charge in [0.25, 0.3) is 0 Å². The Morgan fingerprint density at radius 2 is 2.11 bits per heavy atom. The van der Waals surface area contributed by atoms with Crippen LogP contribution in [-0.2, 0) is 10.0 Å². The predicted octanol–water partition coefficient (Wildman–Crippen LogP) is 1.14. The van der Waals surface area contributed by atoms with Gasteiger partial charge in [0, 0.05) is 13.2 Å². The molecule has 102 valence electrons. The monoisotopic (exact) mass is 292 g/mol. The van der Waals surface area contributed by atoms with Gasteiger partial charge in [-0.1, -0.05) is 18.5 Å². The highest BCUT2D eigenvalue weighted by Crippen LogP contribution is 2.26. The maximum absolute atomic E-state index is 12.0. The van der Waals surface area contributed by atoms with Crippen molar-refractivity contribution in [3.8, 4) is 0 Å². The summed E-state index contributed by atoms with van der Waals surface area (Å²) in [4.78, 5) is 0.0760. The Hall–Kier alpha value is -0.820. The molecule has 0 radical (unpaired) electrons. The fourth-order valence-corrected chi connectivity index (χ4v) is 2.71. The summed E-state index contributed by atoms with van der Waals surface area (Å²) in [7, 11) is -3.63. The molecule has 5 nitrogen and oxygen atoms in total. The third-order valence-corrected chi connectivity index (χ3v) is 4.42. The molecule has 0 saturated heterocycles. The summed E-state index contributed by atoms with van der Waals surface area (Å²) in [6.45, 7) is 3.52. The Kier molecular flexibility index (Phi) is 4.98. The largest absolute Gasteiger partial charge is 0.397 e. The minimum absolute atomic E-state index is 0.0760. The average molecular weight is 293 g/mol. The van der Waals surface area contributed by atoms with Gasteiger partial charge in [-0.15, -0.1) is 0 Å². The van der Waals surface area contributed by atoms with Gasteiger partial charge in [-0.2, -0.15) is 0 Å². The molecule has 0 aliphatic rings. The summed E-state index contributed by atoms with van der Waals surface area (Å²) in [5.74, 6) is -0.148. The first-order valence-electron chi connectivity index (χ1n) is 5.44. The quantitative estimate of drug-likeness (QED) is 0.710. The fraction of sp³-hybridized carbons (Fsp3) is 0.455. The molecule has 4 N–H and O–H groups in total. The minimum Gasteiger partial charge on any atom is -0.397 e. The van der Waals surface area contributed by atoms with Crippen molar-refractivity contribution in [2.75, 3.05) is 18.9 Å². The zero-order valence-electron chi connectivity index (χ0n) is 10.3. The molecule has 1 aromatic rings. The Balaban J connectivity index is 2.99. The van der Waals surface area contributed by atoms with Crippen LogP contribution in [0.3, 0.4) is 0 Å². The van der Waals surface area contributed by atoms with Crippen LogP contribution in [0.2, 0.25) is 5.02 Å². The second-order valence-corrected chi connectivity index (χ2v) is 6.43. The number of nitrogens with two attached hydrogens (primary N) is 1. The highest BCUT2D eigenvalue weighted by molar-refractivity contribution is 7.89. The van der Waals surface area contributed by atoms with Gasteiger partial charge < -0.3 is 10.8 Å². The third-order valence-electron chi connectivity index (χ3n) is 2.50. The number of rotatable bonds is 5. The van der Waals surface area contributed by atoms with E-state index in [2.05, 4.69) is 4.72 Å². The smallest absolute Gasteiger partial charge is 0.240 e. The van der Waals surface area contributed by atoms with Crippen LogP contribution >= 0.6 is 11.6 Å². The molecule has 7 heteroatoms. The van der Waals surface area contributed by atoms with Crippen LogP contribution in [0.25, 0.3) is 0 Å². The lowest BCUT2D eigenvalue weighted by Crippen LogP contribution is -2.29. The summed E-state index contributed by atoms with van der Waals surface area (Å²) >= 11 is 5.88. The van der Waals surface area contributed by atoms with Crippen LogP contribution < -0.4 is 10.5 Å². The Morgan fingerprint density at radius 3 is 2.61 bits per heavy atom. The Bertz CT molecular complexity index is 508. The molecule has 0 spiro atoms. The van der Waals surface area contributed by atoms with Crippen molar-refractivity contribution in [1.29, 1.82) is 0 Å². The van der Waals surface area contributed by atoms with Crippen LogP contribution in [0.4, 0.5) is 5.69 Å². The van der Waals surface area contributed by atoms with Crippen molar-refractivity contribution in [2.45, 2.75) is 18.7 Å². The topological polar surface area (TPSA) is 92.4 Å². The second kappa shape index (κ2) is 5.88. The number of hydrogen-bond acceptors (Lipinski definition) is 4. The van der Waals surface area contributed by atoms with Gasteiger partial charge in [0.05, 0.1) is 15.6 Å². The van der Waals surface area contributed by atoms with E-state index in [1.807, 2.05) is 0 Å². The molecular formula is C11H17ClN2O3S. The normalized spacial score (nSPS) is 13.6. The van der Waals surface area contributed by atoms with Crippen LogP contribution in [0, 0.1) is 12.8 Å². The van der Waals surface area contributed by atoms with E-state index in [9.17, 15) is 8.42 Å². The van der Waals surface area contributed by atoms with E-state index in [0.29, 0.717) is 10.6 Å². The molecular weight excluding hydrogens is 276 g/mol. The predicted molar refractivity (Wildman–Crippen MR) is 72.0 cm³/mol. The summed E-state index contributed by atoms with van der Waals surface area (Å²) in [5.41, 5.74) is 6.47. The number of sulfonamides is 1. The maximum atomic E-state index is 12.0. The van der Waals surface area contributed by atoms with Crippen molar-refractivity contribution in [1.82, 2.24) is 4.72 Å². The first-order chi connectivity index (χ1) is 8.27. The van der Waals surface area contributed by atoms with Gasteiger partial charge in [-0.3, -0.25) is 0 Å². The third kappa shape index (κ3) is 3.58. The number of anilines is 1. The Morgan fingerprint density at radius 1 is 1.50 bits per heavy atom. The molecule has 1 atom stereocenters. The van der Waals surface area contributed by atoms with E-state index >= 15 is 0 Å². The highest BCUT2D eigenvalue weighted by Gasteiger charge is 2.17. The van der Waals surface area contributed by atoms with Crippen molar-refractivity contribution < 1.29 is 13.5 Å². The minimum atomic E-state index is -3.63. The molecule has 0 heterocycles. The maximum Gasteiger partial charge on any atom is 0.240 e. The number of aliphatic hydroxyl groups excluding tert-OH is 1. The zero-order chi connectivity index (χ0) is 13.9. The van der Waals surface area contributed by atoms with Crippen molar-refractivity contribution in [3.05, 3.63) is 22.7 Å². The van der Waals surface area contributed by atoms with Gasteiger partial charge >= 0.3 is 0 Å². The van der Waals surface area contributed by atoms with Gasteiger partial charge in [0.15, 0.2) is 0 Å². The van der Waals surface area contributed by atoms with E-state index in [-0.39, 0.29) is 29.7 Å². The lowest BCUT2D eigenvalue weighted by molar-refractivity contribution is 0.238. The van der Waals surface area contributed by atoms with Gasteiger partial charge in [-0.25, -0.2) is 13.1 Å². The molecule has 0 fully saturated rings. The molecule has 1 unspecified atom stereocenters. The van der Waals surface area contributed by atoms with Crippen molar-refractivity contribution in [3.63, 3.8) is 0 Å². The molecule has 0 saturated carbocycles. The standard InChI is InChI=1S/C11H17ClN2O3S/c1-7(6-15)5-14-18(16,17)9-3-8(2)11(12)10(13)4-9/h3-4,7,14-15H,5-6,13H2,1-2H3. The first kappa shape index (κ1) is 15.2. The number of halogens is 1. The van der Waals surface area contributed by atoms with Crippen LogP contribution in [0.5, 0.6) is 0 Å². The van der Waals surface area contributed by atoms with Gasteiger partial charge in [0.2, 0.25) is 10.0 Å². The molecule has 0 aliphatic carbocycles. The van der Waals surface area contributed by atoms with E-state index < -0.39 is 10.0 Å². The van der Waals surface area contributed by atoms with E-state index in [4.69, 9.17) is 22.4 Å². The van der Waals surface area contributed by atoms with Gasteiger partial charge in [-0.05, 0) is 30.5 Å². The molecule has 0 bridgehead atoms. The SMILES string of the molecule is Cc1cc(S(=O)(=O)NCC(C)CO)cc(N)c1Cl. The van der Waals surface area contributed by atoms with Crippen LogP contribution in [-0.4, -0.2) is 26.7 Å². The molecule has 0 aromatic heterocycles. The summed E-state index contributed by atoms with van der Waals surface area (Å²) < 4.78 is 26.4. The average Bonchev–Trinajstić information content (AvgIpc) is 2.32. The number of hydrogen-bond donors (Lipinski definition) is 3. The number of benzene rings is 1. The van der Waals surface area contributed by atoms with Crippen molar-refractivity contribution >= 4 is 27.3 Å². The zero-order valence-corrected chi connectivity index (χ0v) is 11.8. The number of nitrogens with one attached hydrogen (secondary N) is 1. The number of aliphatic hydroxyl groups is 1. The molecule has 1 rings (SSSR count). The van der Waals surface area contributed by atoms with Crippen LogP contribution in [0.1, 0.15) is 12.5 Å². The lowest BCUT2D eigenvalue weighted by atomic mass is 10.2. The molecule has 18 heavy (non-hydrogen) atoms. The van der Waals surface area contributed by atoms with Gasteiger partial charge in [0.1, 0.15) is 0 Å². The molecule has 0 amide bonds. The van der Waals surface area contributed by atoms with E-state index in [1.165, 1.54) is 12.1 Å². The van der Waals surface area contributed by atoms with E-state index in [0.717, 1.165) is 0 Å². The second-order valence-electron chi connectivity index (χ2n) is 4.28. The van der Waals surface area contributed by atoms with Crippen molar-refractivity contribution in [2.24, 2.45) is 5.92 Å². The lowest BCUT2D eigenvalue weighted by Gasteiger charge is -2.12. The highest BCUT2D eigenvalue weighted by atomic mass is 35.5. The molecule has 1 aromatic carbocycles. The van der Waals surface area contributed by atoms with E-state index in [1.54, 1.807) is 13.8 Å². The number of nitrogen functional groups attached to an aromatic ring is 1. The molecule has 0 aliphatic heterocycles. The fourth-order valence-electron chi connectivity index (χ4n) is 1.32. The summed E-state index contributed by atoms with van der Waals surface area (Å²) in [6.07, 6.45) is 0.